The quantitative estimate of drug-likeness (QED) is 0.287. The van der Waals surface area contributed by atoms with Crippen LogP contribution in [0.15, 0.2) is 36.4 Å². The Balaban J connectivity index is 1.23. The number of halogens is 2. The molecule has 0 bridgehead atoms. The first-order valence-electron chi connectivity index (χ1n) is 14.4. The zero-order valence-electron chi connectivity index (χ0n) is 22.2. The van der Waals surface area contributed by atoms with Gasteiger partial charge < -0.3 is 9.47 Å². The van der Waals surface area contributed by atoms with Gasteiger partial charge in [0.2, 0.25) is 5.82 Å². The second-order valence-electron chi connectivity index (χ2n) is 11.1. The van der Waals surface area contributed by atoms with Gasteiger partial charge in [-0.2, -0.15) is 4.39 Å². The predicted octanol–water partition coefficient (Wildman–Crippen LogP) is 9.60. The number of benzene rings is 2. The number of rotatable bonds is 11. The van der Waals surface area contributed by atoms with Crippen molar-refractivity contribution in [3.05, 3.63) is 48.0 Å². The van der Waals surface area contributed by atoms with Crippen LogP contribution in [-0.2, 0) is 0 Å². The topological polar surface area (TPSA) is 18.5 Å². The van der Waals surface area contributed by atoms with Crippen molar-refractivity contribution < 1.29 is 18.3 Å². The molecule has 2 aromatic rings. The van der Waals surface area contributed by atoms with Crippen molar-refractivity contribution in [2.75, 3.05) is 13.2 Å². The molecular weight excluding hydrogens is 454 g/mol. The van der Waals surface area contributed by atoms with E-state index >= 15 is 0 Å². The summed E-state index contributed by atoms with van der Waals surface area (Å²) >= 11 is 0. The lowest BCUT2D eigenvalue weighted by Gasteiger charge is -2.37. The van der Waals surface area contributed by atoms with Gasteiger partial charge in [-0.05, 0) is 98.4 Å². The fraction of sp³-hybridized carbons (Fsp3) is 0.625. The Morgan fingerprint density at radius 1 is 0.694 bits per heavy atom. The number of hydrogen-bond acceptors (Lipinski definition) is 2. The highest BCUT2D eigenvalue weighted by Crippen LogP contribution is 2.42. The van der Waals surface area contributed by atoms with Crippen molar-refractivity contribution in [3.8, 4) is 22.6 Å². The molecule has 2 aliphatic carbocycles. The average Bonchev–Trinajstić information content (AvgIpc) is 2.91. The van der Waals surface area contributed by atoms with Gasteiger partial charge >= 0.3 is 0 Å². The second-order valence-corrected chi connectivity index (χ2v) is 11.1. The van der Waals surface area contributed by atoms with Crippen LogP contribution in [-0.4, -0.2) is 13.2 Å². The molecule has 0 aromatic heterocycles. The molecule has 0 heterocycles. The summed E-state index contributed by atoms with van der Waals surface area (Å²) in [5.74, 6) is 2.45. The molecule has 0 N–H and O–H groups in total. The van der Waals surface area contributed by atoms with Gasteiger partial charge in [-0.3, -0.25) is 0 Å². The van der Waals surface area contributed by atoms with E-state index in [-0.39, 0.29) is 11.3 Å². The summed E-state index contributed by atoms with van der Waals surface area (Å²) in [5.41, 5.74) is 0.872. The van der Waals surface area contributed by atoms with E-state index in [4.69, 9.17) is 9.47 Å². The van der Waals surface area contributed by atoms with Gasteiger partial charge in [0.1, 0.15) is 5.75 Å². The van der Waals surface area contributed by atoms with E-state index in [1.807, 2.05) is 19.1 Å². The van der Waals surface area contributed by atoms with E-state index in [0.717, 1.165) is 43.0 Å². The lowest BCUT2D eigenvalue weighted by molar-refractivity contribution is 0.122. The van der Waals surface area contributed by atoms with Crippen molar-refractivity contribution in [2.45, 2.75) is 90.9 Å². The van der Waals surface area contributed by atoms with Crippen LogP contribution < -0.4 is 9.47 Å². The first kappa shape index (κ1) is 26.9. The van der Waals surface area contributed by atoms with Crippen LogP contribution in [0.4, 0.5) is 8.78 Å². The molecule has 2 aliphatic rings. The Morgan fingerprint density at radius 2 is 1.33 bits per heavy atom. The van der Waals surface area contributed by atoms with E-state index < -0.39 is 11.6 Å². The van der Waals surface area contributed by atoms with Crippen molar-refractivity contribution in [1.29, 1.82) is 0 Å². The van der Waals surface area contributed by atoms with Crippen LogP contribution in [0.3, 0.4) is 0 Å². The molecule has 0 radical (unpaired) electrons. The highest BCUT2D eigenvalue weighted by atomic mass is 19.2. The lowest BCUT2D eigenvalue weighted by atomic mass is 9.69. The predicted molar refractivity (Wildman–Crippen MR) is 143 cm³/mol. The molecule has 0 saturated heterocycles. The van der Waals surface area contributed by atoms with E-state index in [9.17, 15) is 8.78 Å². The van der Waals surface area contributed by atoms with Gasteiger partial charge in [0, 0.05) is 5.56 Å². The highest BCUT2D eigenvalue weighted by molar-refractivity contribution is 5.66. The largest absolute Gasteiger partial charge is 0.493 e. The van der Waals surface area contributed by atoms with Crippen molar-refractivity contribution in [3.63, 3.8) is 0 Å². The molecule has 2 saturated carbocycles. The molecule has 0 unspecified atom stereocenters. The van der Waals surface area contributed by atoms with Crippen LogP contribution in [0.25, 0.3) is 11.1 Å². The monoisotopic (exact) mass is 498 g/mol. The maximum absolute atomic E-state index is 14.7. The Bertz CT molecular complexity index is 926. The third kappa shape index (κ3) is 7.01. The molecule has 0 atom stereocenters. The third-order valence-electron chi connectivity index (χ3n) is 8.60. The van der Waals surface area contributed by atoms with Gasteiger partial charge in [0.25, 0.3) is 0 Å². The third-order valence-corrected chi connectivity index (χ3v) is 8.60. The van der Waals surface area contributed by atoms with Crippen LogP contribution in [0, 0.1) is 35.3 Å². The molecule has 4 heteroatoms. The summed E-state index contributed by atoms with van der Waals surface area (Å²) in [5, 5.41) is 0. The van der Waals surface area contributed by atoms with E-state index in [0.29, 0.717) is 18.1 Å². The molecule has 0 aliphatic heterocycles. The van der Waals surface area contributed by atoms with Crippen molar-refractivity contribution >= 4 is 0 Å². The lowest BCUT2D eigenvalue weighted by Crippen LogP contribution is -2.27. The maximum Gasteiger partial charge on any atom is 0.201 e. The van der Waals surface area contributed by atoms with Crippen LogP contribution in [0.5, 0.6) is 11.5 Å². The van der Waals surface area contributed by atoms with E-state index in [2.05, 4.69) is 6.92 Å². The second kappa shape index (κ2) is 13.4. The first-order valence-corrected chi connectivity index (χ1v) is 14.4. The maximum atomic E-state index is 14.7. The Morgan fingerprint density at radius 3 is 1.94 bits per heavy atom. The minimum Gasteiger partial charge on any atom is -0.493 e. The van der Waals surface area contributed by atoms with Crippen molar-refractivity contribution in [2.24, 2.45) is 23.7 Å². The molecule has 2 fully saturated rings. The summed E-state index contributed by atoms with van der Waals surface area (Å²) in [6.45, 7) is 5.47. The Kier molecular flexibility index (Phi) is 10.1. The van der Waals surface area contributed by atoms with Gasteiger partial charge in [0.05, 0.1) is 13.2 Å². The Hall–Kier alpha value is -2.10. The molecule has 198 valence electrons. The summed E-state index contributed by atoms with van der Waals surface area (Å²) in [6.07, 6.45) is 15.5. The molecule has 36 heavy (non-hydrogen) atoms. The first-order chi connectivity index (χ1) is 17.6. The fourth-order valence-corrected chi connectivity index (χ4v) is 6.32. The van der Waals surface area contributed by atoms with Crippen LogP contribution in [0.1, 0.15) is 90.9 Å². The normalized spacial score (nSPS) is 24.4. The molecule has 0 amide bonds. The van der Waals surface area contributed by atoms with Gasteiger partial charge in [0.15, 0.2) is 11.6 Å². The van der Waals surface area contributed by atoms with Gasteiger partial charge in [-0.25, -0.2) is 4.39 Å². The smallest absolute Gasteiger partial charge is 0.201 e. The summed E-state index contributed by atoms with van der Waals surface area (Å²) in [6, 6.07) is 10.4. The fourth-order valence-electron chi connectivity index (χ4n) is 6.32. The number of unbranched alkanes of at least 4 members (excludes halogenated alkanes) is 1. The van der Waals surface area contributed by atoms with Crippen LogP contribution >= 0.6 is 0 Å². The minimum absolute atomic E-state index is 0.0245. The van der Waals surface area contributed by atoms with Gasteiger partial charge in [-0.15, -0.1) is 0 Å². The van der Waals surface area contributed by atoms with E-state index in [1.165, 1.54) is 70.3 Å². The molecule has 4 rings (SSSR count). The summed E-state index contributed by atoms with van der Waals surface area (Å²) in [7, 11) is 0. The molecule has 2 nitrogen and oxygen atoms in total. The minimum atomic E-state index is -0.923. The van der Waals surface area contributed by atoms with Gasteiger partial charge in [-0.1, -0.05) is 58.1 Å². The highest BCUT2D eigenvalue weighted by Gasteiger charge is 2.30. The number of ether oxygens (including phenoxy) is 2. The zero-order valence-corrected chi connectivity index (χ0v) is 22.2. The molecule has 0 spiro atoms. The SMILES string of the molecule is CCCCOc1ccc(-c2ccc(OCC3CCC(C4CCC(CCC)CC4)CC3)cc2)c(F)c1F. The Labute approximate surface area is 216 Å². The summed E-state index contributed by atoms with van der Waals surface area (Å²) < 4.78 is 40.6. The number of hydrogen-bond donors (Lipinski definition) is 0. The standard InChI is InChI=1S/C32H44F2O2/c1-3-5-21-35-30-20-19-29(31(33)32(30)34)27-15-17-28(18-16-27)36-22-24-9-13-26(14-10-24)25-11-7-23(6-4-2)8-12-25/h15-20,23-26H,3-14,21-22H2,1-2H3. The summed E-state index contributed by atoms with van der Waals surface area (Å²) in [4.78, 5) is 0. The molecule has 2 aromatic carbocycles. The molecular formula is C32H44F2O2. The zero-order chi connectivity index (χ0) is 25.3. The van der Waals surface area contributed by atoms with E-state index in [1.54, 1.807) is 18.2 Å². The van der Waals surface area contributed by atoms with Crippen molar-refractivity contribution in [1.82, 2.24) is 0 Å². The average molecular weight is 499 g/mol. The van der Waals surface area contributed by atoms with Crippen LogP contribution in [0.2, 0.25) is 0 Å².